The second-order valence-electron chi connectivity index (χ2n) is 4.00. The molecule has 1 heterocycles. The van der Waals surface area contributed by atoms with Crippen LogP contribution in [0.15, 0.2) is 0 Å². The van der Waals surface area contributed by atoms with Gasteiger partial charge in [-0.15, -0.1) is 0 Å². The van der Waals surface area contributed by atoms with Crippen LogP contribution < -0.4 is 10.6 Å². The van der Waals surface area contributed by atoms with Crippen molar-refractivity contribution in [2.75, 3.05) is 25.4 Å². The molecule has 0 aromatic rings. The lowest BCUT2D eigenvalue weighted by atomic mass is 10.1. The monoisotopic (exact) mass is 232 g/mol. The van der Waals surface area contributed by atoms with Gasteiger partial charge in [0.15, 0.2) is 0 Å². The lowest BCUT2D eigenvalue weighted by molar-refractivity contribution is -0.120. The van der Waals surface area contributed by atoms with Gasteiger partial charge in [0.2, 0.25) is 5.91 Å². The summed E-state index contributed by atoms with van der Waals surface area (Å²) < 4.78 is 11.8. The molecule has 1 fully saturated rings. The van der Waals surface area contributed by atoms with E-state index in [1.165, 1.54) is 0 Å². The van der Waals surface area contributed by atoms with Crippen molar-refractivity contribution in [3.63, 3.8) is 0 Å². The summed E-state index contributed by atoms with van der Waals surface area (Å²) in [6.45, 7) is 6.30. The van der Waals surface area contributed by atoms with Crippen LogP contribution in [0.1, 0.15) is 20.3 Å². The maximum atomic E-state index is 11.8. The molecule has 2 atom stereocenters. The zero-order chi connectivity index (χ0) is 11.3. The number of hydrogen-bond donors (Lipinski definition) is 2. The molecule has 1 saturated heterocycles. The quantitative estimate of drug-likeness (QED) is 0.671. The molecular weight excluding hydrogens is 212 g/mol. The normalized spacial score (nSPS) is 20.4. The van der Waals surface area contributed by atoms with Crippen molar-refractivity contribution in [2.45, 2.75) is 25.5 Å². The summed E-state index contributed by atoms with van der Waals surface area (Å²) in [5.41, 5.74) is 0. The zero-order valence-corrected chi connectivity index (χ0v) is 10.2. The van der Waals surface area contributed by atoms with Crippen LogP contribution >= 0.6 is 0 Å². The van der Waals surface area contributed by atoms with Crippen molar-refractivity contribution in [1.82, 2.24) is 10.6 Å². The SMILES string of the molecule is CCCNC(=O)C(C)S(=O)CC1CNC1. The van der Waals surface area contributed by atoms with Crippen molar-refractivity contribution in [3.05, 3.63) is 0 Å². The van der Waals surface area contributed by atoms with Crippen molar-refractivity contribution in [2.24, 2.45) is 5.92 Å². The third-order valence-corrected chi connectivity index (χ3v) is 4.38. The Morgan fingerprint density at radius 1 is 1.60 bits per heavy atom. The number of rotatable bonds is 6. The molecule has 88 valence electrons. The van der Waals surface area contributed by atoms with Crippen LogP contribution in [0.4, 0.5) is 0 Å². The molecule has 4 nitrogen and oxygen atoms in total. The highest BCUT2D eigenvalue weighted by atomic mass is 32.2. The molecule has 0 aromatic carbocycles. The Kier molecular flexibility index (Phi) is 5.25. The molecule has 1 aliphatic heterocycles. The first kappa shape index (κ1) is 12.6. The summed E-state index contributed by atoms with van der Waals surface area (Å²) in [5.74, 6) is 1.06. The van der Waals surface area contributed by atoms with E-state index >= 15 is 0 Å². The third-order valence-electron chi connectivity index (χ3n) is 2.58. The van der Waals surface area contributed by atoms with Gasteiger partial charge >= 0.3 is 0 Å². The molecule has 0 aromatic heterocycles. The van der Waals surface area contributed by atoms with Gasteiger partial charge in [0.05, 0.1) is 0 Å². The topological polar surface area (TPSA) is 58.2 Å². The summed E-state index contributed by atoms with van der Waals surface area (Å²) in [7, 11) is -1.03. The van der Waals surface area contributed by atoms with E-state index in [1.54, 1.807) is 6.92 Å². The van der Waals surface area contributed by atoms with Crippen LogP contribution in [0.3, 0.4) is 0 Å². The highest BCUT2D eigenvalue weighted by Crippen LogP contribution is 2.08. The van der Waals surface area contributed by atoms with Crippen molar-refractivity contribution >= 4 is 16.7 Å². The summed E-state index contributed by atoms with van der Waals surface area (Å²) in [5, 5.41) is 5.53. The summed E-state index contributed by atoms with van der Waals surface area (Å²) in [6, 6.07) is 0. The molecule has 0 saturated carbocycles. The number of nitrogens with one attached hydrogen (secondary N) is 2. The van der Waals surface area contributed by atoms with E-state index in [2.05, 4.69) is 10.6 Å². The van der Waals surface area contributed by atoms with Gasteiger partial charge in [-0.25, -0.2) is 0 Å². The standard InChI is InChI=1S/C10H20N2O2S/c1-3-4-12-10(13)8(2)15(14)7-9-5-11-6-9/h8-9,11H,3-7H2,1-2H3,(H,12,13). The van der Waals surface area contributed by atoms with E-state index in [4.69, 9.17) is 0 Å². The van der Waals surface area contributed by atoms with Crippen molar-refractivity contribution < 1.29 is 9.00 Å². The third kappa shape index (κ3) is 3.91. The predicted octanol–water partition coefficient (Wildman–Crippen LogP) is -0.131. The Morgan fingerprint density at radius 3 is 2.73 bits per heavy atom. The second-order valence-corrected chi connectivity index (χ2v) is 5.81. The maximum Gasteiger partial charge on any atom is 0.235 e. The Labute approximate surface area is 93.7 Å². The lowest BCUT2D eigenvalue weighted by Gasteiger charge is -2.27. The molecule has 2 unspecified atom stereocenters. The van der Waals surface area contributed by atoms with Crippen molar-refractivity contribution in [3.8, 4) is 0 Å². The predicted molar refractivity (Wildman–Crippen MR) is 62.1 cm³/mol. The van der Waals surface area contributed by atoms with Gasteiger partial charge in [0, 0.05) is 36.2 Å². The molecule has 0 aliphatic carbocycles. The summed E-state index contributed by atoms with van der Waals surface area (Å²) in [4.78, 5) is 11.5. The van der Waals surface area contributed by atoms with E-state index < -0.39 is 10.8 Å². The van der Waals surface area contributed by atoms with E-state index in [1.807, 2.05) is 6.92 Å². The highest BCUT2D eigenvalue weighted by Gasteiger charge is 2.25. The van der Waals surface area contributed by atoms with Gasteiger partial charge in [0.25, 0.3) is 0 Å². The van der Waals surface area contributed by atoms with Crippen LogP contribution in [-0.2, 0) is 15.6 Å². The maximum absolute atomic E-state index is 11.8. The first-order valence-corrected chi connectivity index (χ1v) is 6.89. The van der Waals surface area contributed by atoms with Gasteiger partial charge in [-0.05, 0) is 19.3 Å². The minimum atomic E-state index is -1.03. The Morgan fingerprint density at radius 2 is 2.27 bits per heavy atom. The number of amides is 1. The summed E-state index contributed by atoms with van der Waals surface area (Å²) in [6.07, 6.45) is 0.914. The smallest absolute Gasteiger partial charge is 0.235 e. The molecule has 5 heteroatoms. The lowest BCUT2D eigenvalue weighted by Crippen LogP contribution is -2.47. The zero-order valence-electron chi connectivity index (χ0n) is 9.41. The molecule has 0 bridgehead atoms. The van der Waals surface area contributed by atoms with Crippen LogP contribution in [0, 0.1) is 5.92 Å². The van der Waals surface area contributed by atoms with Crippen molar-refractivity contribution in [1.29, 1.82) is 0 Å². The first-order valence-electron chi connectivity index (χ1n) is 5.50. The number of hydrogen-bond acceptors (Lipinski definition) is 3. The molecule has 0 radical (unpaired) electrons. The fourth-order valence-electron chi connectivity index (χ4n) is 1.35. The van der Waals surface area contributed by atoms with E-state index in [0.29, 0.717) is 18.2 Å². The van der Waals surface area contributed by atoms with Crippen LogP contribution in [0.25, 0.3) is 0 Å². The van der Waals surface area contributed by atoms with Gasteiger partial charge in [-0.2, -0.15) is 0 Å². The van der Waals surface area contributed by atoms with Gasteiger partial charge in [0.1, 0.15) is 5.25 Å². The Bertz CT molecular complexity index is 242. The van der Waals surface area contributed by atoms with Gasteiger partial charge < -0.3 is 10.6 Å². The fourth-order valence-corrected chi connectivity index (χ4v) is 2.67. The van der Waals surface area contributed by atoms with Gasteiger partial charge in [-0.3, -0.25) is 9.00 Å². The minimum absolute atomic E-state index is 0.0811. The molecule has 0 spiro atoms. The van der Waals surface area contributed by atoms with Crippen LogP contribution in [0.5, 0.6) is 0 Å². The largest absolute Gasteiger partial charge is 0.355 e. The average Bonchev–Trinajstić information content (AvgIpc) is 2.18. The second kappa shape index (κ2) is 6.23. The van der Waals surface area contributed by atoms with E-state index in [0.717, 1.165) is 19.5 Å². The molecular formula is C10H20N2O2S. The van der Waals surface area contributed by atoms with E-state index in [9.17, 15) is 9.00 Å². The van der Waals surface area contributed by atoms with Crippen LogP contribution in [-0.4, -0.2) is 40.8 Å². The summed E-state index contributed by atoms with van der Waals surface area (Å²) >= 11 is 0. The number of carbonyl (C=O) groups excluding carboxylic acids is 1. The van der Waals surface area contributed by atoms with Crippen LogP contribution in [0.2, 0.25) is 0 Å². The Balaban J connectivity index is 2.27. The van der Waals surface area contributed by atoms with Gasteiger partial charge in [-0.1, -0.05) is 6.92 Å². The molecule has 1 aliphatic rings. The molecule has 2 N–H and O–H groups in total. The fraction of sp³-hybridized carbons (Fsp3) is 0.900. The molecule has 1 rings (SSSR count). The van der Waals surface area contributed by atoms with E-state index in [-0.39, 0.29) is 11.2 Å². The first-order chi connectivity index (χ1) is 7.15. The number of carbonyl (C=O) groups is 1. The highest BCUT2D eigenvalue weighted by molar-refractivity contribution is 7.86. The molecule has 1 amide bonds. The minimum Gasteiger partial charge on any atom is -0.355 e. The average molecular weight is 232 g/mol. The Hall–Kier alpha value is -0.420. The molecule has 15 heavy (non-hydrogen) atoms.